The second kappa shape index (κ2) is 7.42. The smallest absolute Gasteiger partial charge is 0.321 e. The molecule has 2 aliphatic rings. The summed E-state index contributed by atoms with van der Waals surface area (Å²) in [5.74, 6) is -0.00696. The van der Waals surface area contributed by atoms with Crippen molar-refractivity contribution in [2.45, 2.75) is 38.3 Å². The van der Waals surface area contributed by atoms with E-state index in [1.807, 2.05) is 0 Å². The van der Waals surface area contributed by atoms with Crippen molar-refractivity contribution >= 4 is 17.9 Å². The van der Waals surface area contributed by atoms with Gasteiger partial charge in [0.2, 0.25) is 0 Å². The Kier molecular flexibility index (Phi) is 5.06. The van der Waals surface area contributed by atoms with Gasteiger partial charge in [-0.1, -0.05) is 6.07 Å². The van der Waals surface area contributed by atoms with Crippen LogP contribution in [0, 0.1) is 0 Å². The largest absolute Gasteiger partial charge is 0.486 e. The van der Waals surface area contributed by atoms with Crippen molar-refractivity contribution in [3.63, 3.8) is 0 Å². The lowest BCUT2D eigenvalue weighted by Crippen LogP contribution is -2.45. The second-order valence-electron chi connectivity index (χ2n) is 6.02. The predicted molar refractivity (Wildman–Crippen MR) is 86.4 cm³/mol. The van der Waals surface area contributed by atoms with Crippen LogP contribution >= 0.6 is 0 Å². The molecule has 0 saturated heterocycles. The minimum Gasteiger partial charge on any atom is -0.486 e. The Morgan fingerprint density at radius 3 is 2.64 bits per heavy atom. The van der Waals surface area contributed by atoms with Crippen LogP contribution in [0.3, 0.4) is 0 Å². The van der Waals surface area contributed by atoms with Crippen molar-refractivity contribution in [2.24, 2.45) is 0 Å². The van der Waals surface area contributed by atoms with Crippen LogP contribution in [-0.2, 0) is 20.7 Å². The first kappa shape index (κ1) is 17.1. The van der Waals surface area contributed by atoms with Gasteiger partial charge in [0, 0.05) is 6.04 Å². The number of hydrogen-bond acceptors (Lipinski definition) is 6. The van der Waals surface area contributed by atoms with E-state index < -0.39 is 24.0 Å². The molecule has 25 heavy (non-hydrogen) atoms. The third-order valence-corrected chi connectivity index (χ3v) is 3.78. The molecule has 0 bridgehead atoms. The number of fused-ring (bicyclic) bond motifs is 1. The summed E-state index contributed by atoms with van der Waals surface area (Å²) >= 11 is 0. The van der Waals surface area contributed by atoms with Gasteiger partial charge in [0.1, 0.15) is 13.2 Å². The molecule has 0 spiro atoms. The van der Waals surface area contributed by atoms with Crippen LogP contribution in [-0.4, -0.2) is 43.3 Å². The number of nitrogens with one attached hydrogen (secondary N) is 2. The summed E-state index contributed by atoms with van der Waals surface area (Å²) in [6.45, 7) is 2.37. The van der Waals surface area contributed by atoms with E-state index in [0.29, 0.717) is 30.3 Å². The number of imide groups is 1. The molecular weight excluding hydrogens is 328 g/mol. The highest BCUT2D eigenvalue weighted by Crippen LogP contribution is 2.30. The Labute approximate surface area is 144 Å². The number of esters is 1. The summed E-state index contributed by atoms with van der Waals surface area (Å²) in [6.07, 6.45) is 0.765. The van der Waals surface area contributed by atoms with Crippen molar-refractivity contribution in [1.82, 2.24) is 10.6 Å². The van der Waals surface area contributed by atoms with Gasteiger partial charge < -0.3 is 19.5 Å². The Balaban J connectivity index is 1.47. The lowest BCUT2D eigenvalue weighted by molar-refractivity contribution is -0.153. The highest BCUT2D eigenvalue weighted by Gasteiger charge is 2.26. The van der Waals surface area contributed by atoms with Gasteiger partial charge in [-0.3, -0.25) is 14.9 Å². The van der Waals surface area contributed by atoms with Crippen LogP contribution in [0.4, 0.5) is 4.79 Å². The van der Waals surface area contributed by atoms with Crippen molar-refractivity contribution in [2.75, 3.05) is 13.2 Å². The molecule has 1 aliphatic heterocycles. The van der Waals surface area contributed by atoms with E-state index in [1.165, 1.54) is 6.92 Å². The Morgan fingerprint density at radius 2 is 1.92 bits per heavy atom. The molecular formula is C17H20N2O6. The molecule has 8 nitrogen and oxygen atoms in total. The van der Waals surface area contributed by atoms with Crippen LogP contribution in [0.5, 0.6) is 11.5 Å². The summed E-state index contributed by atoms with van der Waals surface area (Å²) in [6, 6.07) is 4.75. The highest BCUT2D eigenvalue weighted by molar-refractivity contribution is 5.97. The third-order valence-electron chi connectivity index (χ3n) is 3.78. The van der Waals surface area contributed by atoms with E-state index in [2.05, 4.69) is 10.6 Å². The number of carbonyl (C=O) groups excluding carboxylic acids is 3. The van der Waals surface area contributed by atoms with Crippen LogP contribution in [0.15, 0.2) is 18.2 Å². The predicted octanol–water partition coefficient (Wildman–Crippen LogP) is 0.920. The van der Waals surface area contributed by atoms with Gasteiger partial charge in [0.25, 0.3) is 5.91 Å². The number of urea groups is 1. The number of carbonyl (C=O) groups is 3. The first-order valence-corrected chi connectivity index (χ1v) is 8.20. The Morgan fingerprint density at radius 1 is 1.20 bits per heavy atom. The standard InChI is InChI=1S/C17H20N2O6/c1-10(16(21)19-17(22)18-12-3-4-12)25-15(20)9-11-2-5-13-14(8-11)24-7-6-23-13/h2,5,8,10,12H,3-4,6-7,9H2,1H3,(H2,18,19,21,22). The molecule has 3 amide bonds. The fraction of sp³-hybridized carbons (Fsp3) is 0.471. The molecule has 1 atom stereocenters. The van der Waals surface area contributed by atoms with E-state index in [-0.39, 0.29) is 12.5 Å². The van der Waals surface area contributed by atoms with E-state index in [1.54, 1.807) is 18.2 Å². The van der Waals surface area contributed by atoms with Crippen molar-refractivity contribution < 1.29 is 28.6 Å². The van der Waals surface area contributed by atoms with Gasteiger partial charge >= 0.3 is 12.0 Å². The molecule has 1 heterocycles. The van der Waals surface area contributed by atoms with Gasteiger partial charge in [0.15, 0.2) is 17.6 Å². The van der Waals surface area contributed by atoms with Crippen LogP contribution in [0.2, 0.25) is 0 Å². The van der Waals surface area contributed by atoms with E-state index in [9.17, 15) is 14.4 Å². The SMILES string of the molecule is CC(OC(=O)Cc1ccc2c(c1)OCCO2)C(=O)NC(=O)NC1CC1. The number of hydrogen-bond donors (Lipinski definition) is 2. The second-order valence-corrected chi connectivity index (χ2v) is 6.02. The average Bonchev–Trinajstić information content (AvgIpc) is 3.38. The first-order valence-electron chi connectivity index (χ1n) is 8.20. The maximum atomic E-state index is 12.0. The fourth-order valence-electron chi connectivity index (χ4n) is 2.32. The van der Waals surface area contributed by atoms with E-state index in [4.69, 9.17) is 14.2 Å². The number of ether oxygens (including phenoxy) is 3. The molecule has 8 heteroatoms. The summed E-state index contributed by atoms with van der Waals surface area (Å²) in [5.41, 5.74) is 0.688. The molecule has 1 saturated carbocycles. The van der Waals surface area contributed by atoms with Gasteiger partial charge in [-0.2, -0.15) is 0 Å². The molecule has 1 aliphatic carbocycles. The molecule has 134 valence electrons. The lowest BCUT2D eigenvalue weighted by atomic mass is 10.1. The molecule has 1 unspecified atom stereocenters. The van der Waals surface area contributed by atoms with Crippen LogP contribution in [0.1, 0.15) is 25.3 Å². The molecule has 0 radical (unpaired) electrons. The lowest BCUT2D eigenvalue weighted by Gasteiger charge is -2.19. The van der Waals surface area contributed by atoms with Gasteiger partial charge in [-0.15, -0.1) is 0 Å². The number of benzene rings is 1. The maximum absolute atomic E-state index is 12.0. The Bertz CT molecular complexity index is 686. The zero-order chi connectivity index (χ0) is 17.8. The number of rotatable bonds is 5. The first-order chi connectivity index (χ1) is 12.0. The van der Waals surface area contributed by atoms with Crippen molar-refractivity contribution in [3.05, 3.63) is 23.8 Å². The van der Waals surface area contributed by atoms with E-state index >= 15 is 0 Å². The molecule has 3 rings (SSSR count). The molecule has 1 fully saturated rings. The van der Waals surface area contributed by atoms with Crippen LogP contribution in [0.25, 0.3) is 0 Å². The average molecular weight is 348 g/mol. The van der Waals surface area contributed by atoms with Gasteiger partial charge in [0.05, 0.1) is 6.42 Å². The Hall–Kier alpha value is -2.77. The van der Waals surface area contributed by atoms with Crippen LogP contribution < -0.4 is 20.1 Å². The quantitative estimate of drug-likeness (QED) is 0.767. The summed E-state index contributed by atoms with van der Waals surface area (Å²) in [5, 5.41) is 4.78. The molecule has 0 aromatic heterocycles. The monoisotopic (exact) mass is 348 g/mol. The summed E-state index contributed by atoms with van der Waals surface area (Å²) < 4.78 is 16.0. The van der Waals surface area contributed by atoms with Gasteiger partial charge in [-0.25, -0.2) is 4.79 Å². The zero-order valence-electron chi connectivity index (χ0n) is 13.9. The zero-order valence-corrected chi connectivity index (χ0v) is 13.9. The van der Waals surface area contributed by atoms with E-state index in [0.717, 1.165) is 12.8 Å². The molecule has 2 N–H and O–H groups in total. The normalized spacial score (nSPS) is 16.5. The fourth-order valence-corrected chi connectivity index (χ4v) is 2.32. The maximum Gasteiger partial charge on any atom is 0.321 e. The number of amides is 3. The minimum atomic E-state index is -1.06. The van der Waals surface area contributed by atoms with Crippen molar-refractivity contribution in [1.29, 1.82) is 0 Å². The summed E-state index contributed by atoms with van der Waals surface area (Å²) in [4.78, 5) is 35.4. The minimum absolute atomic E-state index is 0.0114. The van der Waals surface area contributed by atoms with Gasteiger partial charge in [-0.05, 0) is 37.5 Å². The highest BCUT2D eigenvalue weighted by atomic mass is 16.6. The summed E-state index contributed by atoms with van der Waals surface area (Å²) in [7, 11) is 0. The topological polar surface area (TPSA) is 103 Å². The van der Waals surface area contributed by atoms with Crippen molar-refractivity contribution in [3.8, 4) is 11.5 Å². The molecule has 1 aromatic rings. The third kappa shape index (κ3) is 4.85. The molecule has 1 aromatic carbocycles.